The van der Waals surface area contributed by atoms with Crippen LogP contribution in [0.25, 0.3) is 0 Å². The Morgan fingerprint density at radius 1 is 1.35 bits per heavy atom. The molecule has 0 spiro atoms. The molecule has 0 saturated carbocycles. The number of nitrogens with zero attached hydrogens (tertiary/aromatic N) is 3. The van der Waals surface area contributed by atoms with Crippen LogP contribution in [0, 0.1) is 4.64 Å². The molecule has 1 saturated heterocycles. The van der Waals surface area contributed by atoms with Gasteiger partial charge in [-0.3, -0.25) is 4.79 Å². The van der Waals surface area contributed by atoms with Crippen molar-refractivity contribution in [3.05, 3.63) is 46.4 Å². The minimum Gasteiger partial charge on any atom is -0.378 e. The highest BCUT2D eigenvalue weighted by atomic mass is 32.1. The Hall–Kier alpha value is -2.25. The van der Waals surface area contributed by atoms with Gasteiger partial charge in [-0.15, -0.1) is 0 Å². The molecule has 4 rings (SSSR count). The molecule has 6 nitrogen and oxygen atoms in total. The quantitative estimate of drug-likeness (QED) is 0.841. The summed E-state index contributed by atoms with van der Waals surface area (Å²) < 4.78 is 5.90. The molecule has 1 N–H and O–H groups in total. The lowest BCUT2D eigenvalue weighted by atomic mass is 10.1. The number of amides is 1. The fourth-order valence-corrected chi connectivity index (χ4v) is 3.95. The SMILES string of the molecule is C[C@H]1Cc2ccccc2N1C(=O)Cc1nc(=S)cc(N2CCOCC2)[nH]1. The molecule has 7 heteroatoms. The monoisotopic (exact) mass is 370 g/mol. The van der Waals surface area contributed by atoms with Crippen molar-refractivity contribution in [2.24, 2.45) is 0 Å². The van der Waals surface area contributed by atoms with Crippen LogP contribution in [0.2, 0.25) is 0 Å². The summed E-state index contributed by atoms with van der Waals surface area (Å²) >= 11 is 5.32. The van der Waals surface area contributed by atoms with Crippen molar-refractivity contribution in [1.82, 2.24) is 9.97 Å². The maximum Gasteiger partial charge on any atom is 0.234 e. The topological polar surface area (TPSA) is 61.5 Å². The zero-order valence-electron chi connectivity index (χ0n) is 14.8. The van der Waals surface area contributed by atoms with Crippen molar-refractivity contribution >= 4 is 29.6 Å². The third-order valence-electron chi connectivity index (χ3n) is 4.92. The van der Waals surface area contributed by atoms with Crippen LogP contribution in [0.1, 0.15) is 18.3 Å². The second-order valence-electron chi connectivity index (χ2n) is 6.77. The molecule has 1 atom stereocenters. The van der Waals surface area contributed by atoms with Crippen LogP contribution in [-0.4, -0.2) is 48.2 Å². The van der Waals surface area contributed by atoms with Gasteiger partial charge in [-0.25, -0.2) is 4.98 Å². The third kappa shape index (κ3) is 3.37. The van der Waals surface area contributed by atoms with E-state index >= 15 is 0 Å². The number of hydrogen-bond donors (Lipinski definition) is 1. The molecule has 0 bridgehead atoms. The third-order valence-corrected chi connectivity index (χ3v) is 5.13. The van der Waals surface area contributed by atoms with E-state index in [1.165, 1.54) is 5.56 Å². The van der Waals surface area contributed by atoms with Crippen molar-refractivity contribution in [2.75, 3.05) is 36.1 Å². The van der Waals surface area contributed by atoms with E-state index in [2.05, 4.69) is 27.9 Å². The van der Waals surface area contributed by atoms with Gasteiger partial charge in [0, 0.05) is 30.9 Å². The van der Waals surface area contributed by atoms with Crippen molar-refractivity contribution in [1.29, 1.82) is 0 Å². The Morgan fingerprint density at radius 2 is 2.12 bits per heavy atom. The number of para-hydroxylation sites is 1. The number of rotatable bonds is 3. The van der Waals surface area contributed by atoms with E-state index in [1.807, 2.05) is 29.2 Å². The van der Waals surface area contributed by atoms with Gasteiger partial charge in [0.1, 0.15) is 16.3 Å². The molecule has 0 unspecified atom stereocenters. The largest absolute Gasteiger partial charge is 0.378 e. The average molecular weight is 370 g/mol. The number of fused-ring (bicyclic) bond motifs is 1. The molecule has 136 valence electrons. The Bertz CT molecular complexity index is 876. The summed E-state index contributed by atoms with van der Waals surface area (Å²) in [6.07, 6.45) is 1.10. The number of ether oxygens (including phenoxy) is 1. The lowest BCUT2D eigenvalue weighted by molar-refractivity contribution is -0.118. The van der Waals surface area contributed by atoms with Gasteiger partial charge in [0.05, 0.1) is 19.6 Å². The lowest BCUT2D eigenvalue weighted by Gasteiger charge is -2.28. The summed E-state index contributed by atoms with van der Waals surface area (Å²) in [5, 5.41) is 0. The van der Waals surface area contributed by atoms with Crippen LogP contribution >= 0.6 is 12.2 Å². The van der Waals surface area contributed by atoms with E-state index in [9.17, 15) is 4.79 Å². The lowest BCUT2D eigenvalue weighted by Crippen LogP contribution is -2.38. The molecule has 1 fully saturated rings. The molecule has 2 aliphatic rings. The zero-order valence-corrected chi connectivity index (χ0v) is 15.6. The van der Waals surface area contributed by atoms with Gasteiger partial charge in [-0.1, -0.05) is 30.4 Å². The summed E-state index contributed by atoms with van der Waals surface area (Å²) in [6, 6.07) is 10.1. The first-order chi connectivity index (χ1) is 12.6. The second-order valence-corrected chi connectivity index (χ2v) is 7.19. The van der Waals surface area contributed by atoms with Gasteiger partial charge >= 0.3 is 0 Å². The van der Waals surface area contributed by atoms with E-state index < -0.39 is 0 Å². The molecule has 3 heterocycles. The number of H-pyrrole nitrogens is 1. The van der Waals surface area contributed by atoms with Gasteiger partial charge in [-0.2, -0.15) is 0 Å². The van der Waals surface area contributed by atoms with Crippen LogP contribution in [0.4, 0.5) is 11.5 Å². The highest BCUT2D eigenvalue weighted by molar-refractivity contribution is 7.71. The minimum atomic E-state index is 0.0414. The van der Waals surface area contributed by atoms with E-state index in [-0.39, 0.29) is 18.4 Å². The Morgan fingerprint density at radius 3 is 2.92 bits per heavy atom. The first kappa shape index (κ1) is 17.2. The minimum absolute atomic E-state index is 0.0414. The van der Waals surface area contributed by atoms with Crippen LogP contribution in [0.3, 0.4) is 0 Å². The molecular weight excluding hydrogens is 348 g/mol. The molecule has 26 heavy (non-hydrogen) atoms. The number of nitrogens with one attached hydrogen (secondary N) is 1. The highest BCUT2D eigenvalue weighted by Crippen LogP contribution is 2.32. The zero-order chi connectivity index (χ0) is 18.1. The second kappa shape index (κ2) is 7.17. The molecule has 0 aliphatic carbocycles. The molecule has 1 aromatic carbocycles. The van der Waals surface area contributed by atoms with Crippen LogP contribution in [0.5, 0.6) is 0 Å². The predicted octanol–water partition coefficient (Wildman–Crippen LogP) is 2.50. The molecule has 0 radical (unpaired) electrons. The van der Waals surface area contributed by atoms with Crippen molar-refractivity contribution in [3.8, 4) is 0 Å². The van der Waals surface area contributed by atoms with E-state index in [0.717, 1.165) is 31.0 Å². The normalized spacial score (nSPS) is 19.5. The maximum absolute atomic E-state index is 13.0. The summed E-state index contributed by atoms with van der Waals surface area (Å²) in [7, 11) is 0. The number of carbonyl (C=O) groups is 1. The van der Waals surface area contributed by atoms with E-state index in [1.54, 1.807) is 0 Å². The number of aromatic nitrogens is 2. The first-order valence-corrected chi connectivity index (χ1v) is 9.35. The van der Waals surface area contributed by atoms with Gasteiger partial charge in [0.2, 0.25) is 5.91 Å². The fraction of sp³-hybridized carbons (Fsp3) is 0.421. The Kier molecular flexibility index (Phi) is 4.74. The number of benzene rings is 1. The van der Waals surface area contributed by atoms with Crippen molar-refractivity contribution < 1.29 is 9.53 Å². The summed E-state index contributed by atoms with van der Waals surface area (Å²) in [4.78, 5) is 24.7. The molecular formula is C19H22N4O2S. The Labute approximate surface area is 157 Å². The van der Waals surface area contributed by atoms with Gasteiger partial charge in [0.15, 0.2) is 0 Å². The fourth-order valence-electron chi connectivity index (χ4n) is 3.73. The number of hydrogen-bond acceptors (Lipinski definition) is 5. The van der Waals surface area contributed by atoms with Gasteiger partial charge in [-0.05, 0) is 25.0 Å². The molecule has 1 amide bonds. The van der Waals surface area contributed by atoms with Gasteiger partial charge < -0.3 is 19.5 Å². The smallest absolute Gasteiger partial charge is 0.234 e. The summed E-state index contributed by atoms with van der Waals surface area (Å²) in [5.74, 6) is 1.56. The average Bonchev–Trinajstić information content (AvgIpc) is 2.97. The first-order valence-electron chi connectivity index (χ1n) is 8.95. The predicted molar refractivity (Wildman–Crippen MR) is 103 cm³/mol. The van der Waals surface area contributed by atoms with Crippen LogP contribution < -0.4 is 9.80 Å². The number of morpholine rings is 1. The molecule has 2 aliphatic heterocycles. The summed E-state index contributed by atoms with van der Waals surface area (Å²) in [5.41, 5.74) is 2.23. The number of aromatic amines is 1. The van der Waals surface area contributed by atoms with E-state index in [4.69, 9.17) is 17.0 Å². The van der Waals surface area contributed by atoms with Crippen LogP contribution in [-0.2, 0) is 22.4 Å². The van der Waals surface area contributed by atoms with Gasteiger partial charge in [0.25, 0.3) is 0 Å². The van der Waals surface area contributed by atoms with E-state index in [0.29, 0.717) is 23.7 Å². The standard InChI is InChI=1S/C19H22N4O2S/c1-13-10-14-4-2-3-5-15(14)23(13)19(24)11-16-20-17(12-18(26)21-16)22-6-8-25-9-7-22/h2-5,12-13H,6-11H2,1H3,(H,20,21,26)/t13-/m0/s1. The van der Waals surface area contributed by atoms with Crippen molar-refractivity contribution in [3.63, 3.8) is 0 Å². The molecule has 1 aromatic heterocycles. The highest BCUT2D eigenvalue weighted by Gasteiger charge is 2.30. The maximum atomic E-state index is 13.0. The molecule has 2 aromatic rings. The van der Waals surface area contributed by atoms with Crippen LogP contribution in [0.15, 0.2) is 30.3 Å². The van der Waals surface area contributed by atoms with Crippen molar-refractivity contribution in [2.45, 2.75) is 25.8 Å². The summed E-state index contributed by atoms with van der Waals surface area (Å²) in [6.45, 7) is 5.08. The number of anilines is 2. The Balaban J connectivity index is 1.56. The number of carbonyl (C=O) groups excluding carboxylic acids is 1.